The number of nitrogens with one attached hydrogen (secondary N) is 1. The molecule has 28 heavy (non-hydrogen) atoms. The van der Waals surface area contributed by atoms with Crippen molar-refractivity contribution in [3.8, 4) is 0 Å². The minimum atomic E-state index is 0.0399. The summed E-state index contributed by atoms with van der Waals surface area (Å²) in [7, 11) is 0. The zero-order chi connectivity index (χ0) is 20.3. The molecule has 0 radical (unpaired) electrons. The van der Waals surface area contributed by atoms with Gasteiger partial charge in [-0.25, -0.2) is 4.98 Å². The first kappa shape index (κ1) is 20.5. The number of likely N-dealkylation sites (N-methyl/N-ethyl adjacent to an activating group) is 1. The van der Waals surface area contributed by atoms with Crippen molar-refractivity contribution in [1.82, 2.24) is 4.98 Å². The van der Waals surface area contributed by atoms with Gasteiger partial charge in [-0.1, -0.05) is 35.6 Å². The third-order valence-electron chi connectivity index (χ3n) is 5.61. The lowest BCUT2D eigenvalue weighted by molar-refractivity contribution is -0.894. The van der Waals surface area contributed by atoms with Crippen LogP contribution in [0.2, 0.25) is 0 Å². The summed E-state index contributed by atoms with van der Waals surface area (Å²) in [6, 6.07) is 12.1. The number of thiazole rings is 1. The summed E-state index contributed by atoms with van der Waals surface area (Å²) in [5, 5.41) is 0.795. The molecule has 1 heterocycles. The number of carbonyl (C=O) groups is 1. The minimum absolute atomic E-state index is 0.0399. The number of carbonyl (C=O) groups excluding carboxylic acids is 1. The van der Waals surface area contributed by atoms with Crippen LogP contribution in [0.5, 0.6) is 0 Å². The first-order chi connectivity index (χ1) is 13.5. The van der Waals surface area contributed by atoms with E-state index in [2.05, 4.69) is 39.8 Å². The van der Waals surface area contributed by atoms with Crippen LogP contribution >= 0.6 is 11.3 Å². The van der Waals surface area contributed by atoms with Crippen LogP contribution < -0.4 is 9.80 Å². The van der Waals surface area contributed by atoms with Crippen molar-refractivity contribution < 1.29 is 9.69 Å². The van der Waals surface area contributed by atoms with Crippen LogP contribution in [0.15, 0.2) is 36.4 Å². The Labute approximate surface area is 171 Å². The smallest absolute Gasteiger partial charge is 0.260 e. The second-order valence-corrected chi connectivity index (χ2v) is 8.34. The Hall–Kier alpha value is -2.24. The number of benzene rings is 2. The fourth-order valence-electron chi connectivity index (χ4n) is 3.45. The number of rotatable bonds is 7. The molecule has 3 rings (SSSR count). The number of fused-ring (bicyclic) bond motifs is 1. The molecule has 0 aliphatic rings. The lowest BCUT2D eigenvalue weighted by Gasteiger charge is -2.23. The van der Waals surface area contributed by atoms with Gasteiger partial charge in [0.05, 0.1) is 36.4 Å². The molecule has 0 spiro atoms. The molecule has 0 aliphatic heterocycles. The van der Waals surface area contributed by atoms with Gasteiger partial charge in [-0.05, 0) is 63.4 Å². The van der Waals surface area contributed by atoms with E-state index in [1.54, 1.807) is 11.3 Å². The maximum atomic E-state index is 13.5. The van der Waals surface area contributed by atoms with E-state index in [4.69, 9.17) is 4.98 Å². The lowest BCUT2D eigenvalue weighted by atomic mass is 10.1. The highest BCUT2D eigenvalue weighted by Crippen LogP contribution is 2.32. The molecule has 5 heteroatoms. The fraction of sp³-hybridized carbons (Fsp3) is 0.391. The summed E-state index contributed by atoms with van der Waals surface area (Å²) in [6.45, 7) is 14.3. The van der Waals surface area contributed by atoms with E-state index >= 15 is 0 Å². The van der Waals surface area contributed by atoms with E-state index in [0.717, 1.165) is 46.1 Å². The van der Waals surface area contributed by atoms with Crippen molar-refractivity contribution in [3.05, 3.63) is 58.7 Å². The number of aryl methyl sites for hydroxylation is 3. The Morgan fingerprint density at radius 3 is 2.43 bits per heavy atom. The van der Waals surface area contributed by atoms with Crippen LogP contribution in [0.1, 0.15) is 40.9 Å². The first-order valence-electron chi connectivity index (χ1n) is 10.0. The number of amides is 1. The summed E-state index contributed by atoms with van der Waals surface area (Å²) >= 11 is 1.61. The highest BCUT2D eigenvalue weighted by atomic mass is 32.1. The van der Waals surface area contributed by atoms with Crippen molar-refractivity contribution in [2.75, 3.05) is 31.1 Å². The molecule has 1 amide bonds. The van der Waals surface area contributed by atoms with Crippen LogP contribution in [0.4, 0.5) is 5.13 Å². The van der Waals surface area contributed by atoms with E-state index in [0.29, 0.717) is 6.54 Å². The van der Waals surface area contributed by atoms with E-state index < -0.39 is 0 Å². The predicted octanol–water partition coefficient (Wildman–Crippen LogP) is 3.79. The van der Waals surface area contributed by atoms with Crippen LogP contribution in [0.3, 0.4) is 0 Å². The lowest BCUT2D eigenvalue weighted by Crippen LogP contribution is -3.12. The largest absolute Gasteiger partial charge is 0.334 e. The van der Waals surface area contributed by atoms with Crippen LogP contribution in [0.25, 0.3) is 10.2 Å². The van der Waals surface area contributed by atoms with Gasteiger partial charge in [-0.15, -0.1) is 0 Å². The Morgan fingerprint density at radius 1 is 1.04 bits per heavy atom. The molecule has 0 aliphatic carbocycles. The van der Waals surface area contributed by atoms with Crippen molar-refractivity contribution in [2.45, 2.75) is 34.6 Å². The molecule has 0 fully saturated rings. The van der Waals surface area contributed by atoms with Crippen molar-refractivity contribution >= 4 is 32.6 Å². The van der Waals surface area contributed by atoms with E-state index in [-0.39, 0.29) is 5.91 Å². The maximum Gasteiger partial charge on any atom is 0.260 e. The summed E-state index contributed by atoms with van der Waals surface area (Å²) in [4.78, 5) is 21.7. The average molecular weight is 397 g/mol. The first-order valence-corrected chi connectivity index (χ1v) is 10.9. The highest BCUT2D eigenvalue weighted by Gasteiger charge is 2.24. The zero-order valence-electron chi connectivity index (χ0n) is 17.5. The van der Waals surface area contributed by atoms with Crippen LogP contribution in [0, 0.1) is 20.8 Å². The third kappa shape index (κ3) is 4.10. The average Bonchev–Trinajstić information content (AvgIpc) is 3.13. The summed E-state index contributed by atoms with van der Waals surface area (Å²) in [5.41, 5.74) is 5.19. The molecule has 0 atom stereocenters. The number of anilines is 1. The number of aromatic nitrogens is 1. The van der Waals surface area contributed by atoms with Crippen molar-refractivity contribution in [3.63, 3.8) is 0 Å². The summed E-state index contributed by atoms with van der Waals surface area (Å²) < 4.78 is 1.14. The minimum Gasteiger partial charge on any atom is -0.334 e. The van der Waals surface area contributed by atoms with Crippen LogP contribution in [-0.2, 0) is 0 Å². The third-order valence-corrected chi connectivity index (χ3v) is 6.66. The molecule has 1 aromatic heterocycles. The van der Waals surface area contributed by atoms with Gasteiger partial charge < -0.3 is 4.90 Å². The second-order valence-electron chi connectivity index (χ2n) is 7.33. The quantitative estimate of drug-likeness (QED) is 0.660. The van der Waals surface area contributed by atoms with Gasteiger partial charge in [-0.3, -0.25) is 9.69 Å². The van der Waals surface area contributed by atoms with Gasteiger partial charge in [0, 0.05) is 5.56 Å². The predicted molar refractivity (Wildman–Crippen MR) is 119 cm³/mol. The van der Waals surface area contributed by atoms with Crippen molar-refractivity contribution in [2.24, 2.45) is 0 Å². The normalized spacial score (nSPS) is 11.4. The molecule has 4 nitrogen and oxygen atoms in total. The molecule has 3 aromatic rings. The summed E-state index contributed by atoms with van der Waals surface area (Å²) in [5.74, 6) is 0.0399. The van der Waals surface area contributed by atoms with E-state index in [1.165, 1.54) is 16.0 Å². The standard InChI is InChI=1S/C23H29N3OS/c1-6-25(7-2)14-15-26(22(27)19-11-9-8-10-17(19)4)23-24-21-18(5)16(3)12-13-20(21)28-23/h8-13H,6-7,14-15H2,1-5H3/p+1. The molecular weight excluding hydrogens is 366 g/mol. The zero-order valence-corrected chi connectivity index (χ0v) is 18.3. The molecule has 0 unspecified atom stereocenters. The maximum absolute atomic E-state index is 13.5. The Balaban J connectivity index is 2.02. The Kier molecular flexibility index (Phi) is 6.47. The number of quaternary nitrogens is 1. The fourth-order valence-corrected chi connectivity index (χ4v) is 4.50. The summed E-state index contributed by atoms with van der Waals surface area (Å²) in [6.07, 6.45) is 0. The second kappa shape index (κ2) is 8.84. The van der Waals surface area contributed by atoms with Gasteiger partial charge in [0.1, 0.15) is 0 Å². The van der Waals surface area contributed by atoms with Gasteiger partial charge >= 0.3 is 0 Å². The van der Waals surface area contributed by atoms with Gasteiger partial charge in [0.25, 0.3) is 5.91 Å². The van der Waals surface area contributed by atoms with Crippen LogP contribution in [-0.4, -0.2) is 37.1 Å². The molecule has 148 valence electrons. The Morgan fingerprint density at radius 2 is 1.75 bits per heavy atom. The van der Waals surface area contributed by atoms with Crippen molar-refractivity contribution in [1.29, 1.82) is 0 Å². The molecule has 1 N–H and O–H groups in total. The SMILES string of the molecule is CC[NH+](CC)CCN(C(=O)c1ccccc1C)c1nc2c(C)c(C)ccc2s1. The molecule has 0 saturated heterocycles. The molecule has 0 bridgehead atoms. The number of nitrogens with zero attached hydrogens (tertiary/aromatic N) is 2. The van der Waals surface area contributed by atoms with Gasteiger partial charge in [0.2, 0.25) is 0 Å². The number of hydrogen-bond acceptors (Lipinski definition) is 3. The van der Waals surface area contributed by atoms with E-state index in [9.17, 15) is 4.79 Å². The Bertz CT molecular complexity index is 975. The topological polar surface area (TPSA) is 37.6 Å². The van der Waals surface area contributed by atoms with Gasteiger partial charge in [0.15, 0.2) is 5.13 Å². The van der Waals surface area contributed by atoms with Gasteiger partial charge in [-0.2, -0.15) is 0 Å². The monoisotopic (exact) mass is 396 g/mol. The molecular formula is C23H30N3OS+. The molecule has 2 aromatic carbocycles. The van der Waals surface area contributed by atoms with E-state index in [1.807, 2.05) is 36.1 Å². The molecule has 0 saturated carbocycles. The highest BCUT2D eigenvalue weighted by molar-refractivity contribution is 7.22. The number of hydrogen-bond donors (Lipinski definition) is 1.